The Labute approximate surface area is 83.1 Å². The average Bonchev–Trinajstić information content (AvgIpc) is 1.41. The Morgan fingerprint density at radius 1 is 1.00 bits per heavy atom. The van der Waals surface area contributed by atoms with Crippen molar-refractivity contribution in [1.82, 2.24) is 0 Å². The van der Waals surface area contributed by atoms with Crippen molar-refractivity contribution in [2.45, 2.75) is 6.42 Å². The Morgan fingerprint density at radius 3 is 1.29 bits per heavy atom. The van der Waals surface area contributed by atoms with Crippen LogP contribution in [0.2, 0.25) is 0 Å². The fourth-order valence-electron chi connectivity index (χ4n) is 0.0505. The van der Waals surface area contributed by atoms with E-state index in [1.807, 2.05) is 0 Å². The molecule has 0 bridgehead atoms. The summed E-state index contributed by atoms with van der Waals surface area (Å²) in [6, 6.07) is 0. The van der Waals surface area contributed by atoms with Gasteiger partial charge in [0.1, 0.15) is 0 Å². The summed E-state index contributed by atoms with van der Waals surface area (Å²) in [5.74, 6) is 0. The van der Waals surface area contributed by atoms with Gasteiger partial charge in [0.05, 0.1) is 0 Å². The van der Waals surface area contributed by atoms with Crippen LogP contribution in [0.4, 0.5) is 0 Å². The minimum absolute atomic E-state index is 0. The van der Waals surface area contributed by atoms with E-state index in [2.05, 4.69) is 31.9 Å². The van der Waals surface area contributed by atoms with Crippen LogP contribution in [0.1, 0.15) is 6.42 Å². The summed E-state index contributed by atoms with van der Waals surface area (Å²) in [5, 5.41) is 2.22. The van der Waals surface area contributed by atoms with Crippen LogP contribution in [0, 0.1) is 0 Å². The SMILES string of the molecule is BrCCCBr.[Na+].[OH-]. The Kier molecular flexibility index (Phi) is 35.7. The maximum Gasteiger partial charge on any atom is 1.00 e. The molecule has 1 N–H and O–H groups in total. The molecule has 0 aromatic rings. The first-order valence-corrected chi connectivity index (χ1v) is 3.78. The summed E-state index contributed by atoms with van der Waals surface area (Å²) in [6.45, 7) is 0. The van der Waals surface area contributed by atoms with Crippen LogP contribution >= 0.6 is 31.9 Å². The van der Waals surface area contributed by atoms with Crippen molar-refractivity contribution in [3.8, 4) is 0 Å². The predicted octanol–water partition coefficient (Wildman–Crippen LogP) is -1.01. The van der Waals surface area contributed by atoms with Gasteiger partial charge in [-0.2, -0.15) is 0 Å². The number of halogens is 2. The molecule has 0 spiro atoms. The molecule has 0 unspecified atom stereocenters. The van der Waals surface area contributed by atoms with Crippen LogP contribution in [0.25, 0.3) is 0 Å². The van der Waals surface area contributed by atoms with Gasteiger partial charge in [0.25, 0.3) is 0 Å². The molecule has 0 saturated heterocycles. The Bertz CT molecular complexity index is 20.4. The summed E-state index contributed by atoms with van der Waals surface area (Å²) in [4.78, 5) is 0. The van der Waals surface area contributed by atoms with Crippen LogP contribution in [0.3, 0.4) is 0 Å². The van der Waals surface area contributed by atoms with Crippen molar-refractivity contribution < 1.29 is 35.0 Å². The fraction of sp³-hybridized carbons (Fsp3) is 1.00. The minimum atomic E-state index is 0. The van der Waals surface area contributed by atoms with Gasteiger partial charge in [-0.3, -0.25) is 0 Å². The van der Waals surface area contributed by atoms with E-state index in [4.69, 9.17) is 0 Å². The van der Waals surface area contributed by atoms with E-state index >= 15 is 0 Å². The van der Waals surface area contributed by atoms with E-state index < -0.39 is 0 Å². The molecular formula is C3H7Br2NaO. The van der Waals surface area contributed by atoms with E-state index in [1.54, 1.807) is 0 Å². The van der Waals surface area contributed by atoms with Crippen molar-refractivity contribution in [3.05, 3.63) is 0 Å². The molecule has 1 nitrogen and oxygen atoms in total. The zero-order valence-electron chi connectivity index (χ0n) is 4.32. The van der Waals surface area contributed by atoms with Crippen LogP contribution in [0.5, 0.6) is 0 Å². The summed E-state index contributed by atoms with van der Waals surface area (Å²) in [7, 11) is 0. The first kappa shape index (κ1) is 16.0. The largest absolute Gasteiger partial charge is 1.00 e. The van der Waals surface area contributed by atoms with Gasteiger partial charge in [0, 0.05) is 10.7 Å². The van der Waals surface area contributed by atoms with Gasteiger partial charge in [-0.15, -0.1) is 0 Å². The van der Waals surface area contributed by atoms with Gasteiger partial charge >= 0.3 is 29.6 Å². The number of hydrogen-bond donors (Lipinski definition) is 0. The maximum absolute atomic E-state index is 3.28. The molecule has 0 fully saturated rings. The molecule has 0 amide bonds. The van der Waals surface area contributed by atoms with Gasteiger partial charge < -0.3 is 5.48 Å². The molecule has 4 heteroatoms. The summed E-state index contributed by atoms with van der Waals surface area (Å²) < 4.78 is 0. The van der Waals surface area contributed by atoms with E-state index in [1.165, 1.54) is 6.42 Å². The summed E-state index contributed by atoms with van der Waals surface area (Å²) >= 11 is 6.56. The molecular weight excluding hydrogens is 235 g/mol. The zero-order chi connectivity index (χ0) is 4.12. The smallest absolute Gasteiger partial charge is 0.870 e. The van der Waals surface area contributed by atoms with Crippen LogP contribution < -0.4 is 29.6 Å². The fourth-order valence-corrected chi connectivity index (χ4v) is 1.36. The Morgan fingerprint density at radius 2 is 1.29 bits per heavy atom. The van der Waals surface area contributed by atoms with E-state index in [9.17, 15) is 0 Å². The summed E-state index contributed by atoms with van der Waals surface area (Å²) in [5.41, 5.74) is 0. The van der Waals surface area contributed by atoms with Gasteiger partial charge in [-0.25, -0.2) is 0 Å². The Balaban J connectivity index is -0.0000000800. The number of alkyl halides is 2. The van der Waals surface area contributed by atoms with Crippen LogP contribution in [-0.4, -0.2) is 16.1 Å². The average molecular weight is 242 g/mol. The van der Waals surface area contributed by atoms with Gasteiger partial charge in [0.2, 0.25) is 0 Å². The topological polar surface area (TPSA) is 30.0 Å². The van der Waals surface area contributed by atoms with Crippen molar-refractivity contribution in [2.24, 2.45) is 0 Å². The quantitative estimate of drug-likeness (QED) is 0.451. The molecule has 0 radical (unpaired) electrons. The molecule has 0 aliphatic heterocycles. The number of rotatable bonds is 2. The van der Waals surface area contributed by atoms with Crippen molar-refractivity contribution >= 4 is 31.9 Å². The van der Waals surface area contributed by atoms with Crippen molar-refractivity contribution in [3.63, 3.8) is 0 Å². The molecule has 0 atom stereocenters. The van der Waals surface area contributed by atoms with Crippen molar-refractivity contribution in [1.29, 1.82) is 0 Å². The van der Waals surface area contributed by atoms with Crippen LogP contribution in [0.15, 0.2) is 0 Å². The third-order valence-electron chi connectivity index (χ3n) is 0.267. The standard InChI is InChI=1S/C3H6Br2.Na.H2O/c4-2-1-3-5;;/h1-3H2;;1H2/q;+1;/p-1. The first-order valence-electron chi connectivity index (χ1n) is 1.53. The molecule has 0 rings (SSSR count). The molecule has 0 heterocycles. The molecule has 0 saturated carbocycles. The van der Waals surface area contributed by atoms with Gasteiger partial charge in [0.15, 0.2) is 0 Å². The molecule has 0 aromatic heterocycles. The molecule has 0 aromatic carbocycles. The second-order valence-electron chi connectivity index (χ2n) is 0.732. The van der Waals surface area contributed by atoms with Gasteiger partial charge in [-0.05, 0) is 6.42 Å². The third kappa shape index (κ3) is 18.1. The Hall–Kier alpha value is 1.92. The second kappa shape index (κ2) is 15.7. The zero-order valence-corrected chi connectivity index (χ0v) is 9.50. The van der Waals surface area contributed by atoms with E-state index in [0.717, 1.165) is 10.7 Å². The predicted molar refractivity (Wildman–Crippen MR) is 34.1 cm³/mol. The maximum atomic E-state index is 3.28. The van der Waals surface area contributed by atoms with E-state index in [0.29, 0.717) is 0 Å². The first-order chi connectivity index (χ1) is 2.41. The summed E-state index contributed by atoms with van der Waals surface area (Å²) in [6.07, 6.45) is 1.22. The van der Waals surface area contributed by atoms with Crippen LogP contribution in [-0.2, 0) is 0 Å². The monoisotopic (exact) mass is 240 g/mol. The minimum Gasteiger partial charge on any atom is -0.870 e. The molecule has 7 heavy (non-hydrogen) atoms. The molecule has 0 aliphatic carbocycles. The van der Waals surface area contributed by atoms with Crippen molar-refractivity contribution in [2.75, 3.05) is 10.7 Å². The second-order valence-corrected chi connectivity index (χ2v) is 2.32. The third-order valence-corrected chi connectivity index (χ3v) is 1.39. The molecule has 40 valence electrons. The van der Waals surface area contributed by atoms with E-state index in [-0.39, 0.29) is 35.0 Å². The molecule has 0 aliphatic rings. The number of hydrogen-bond acceptors (Lipinski definition) is 1. The normalized spacial score (nSPS) is 6.00. The van der Waals surface area contributed by atoms with Gasteiger partial charge in [-0.1, -0.05) is 31.9 Å².